The molecule has 0 saturated heterocycles. The Morgan fingerprint density at radius 3 is 0.785 bits per heavy atom. The van der Waals surface area contributed by atoms with Crippen LogP contribution in [0.15, 0.2) is 122 Å². The van der Waals surface area contributed by atoms with Gasteiger partial charge in [0.15, 0.2) is 6.10 Å². The van der Waals surface area contributed by atoms with Gasteiger partial charge in [-0.2, -0.15) is 0 Å². The van der Waals surface area contributed by atoms with E-state index >= 15 is 0 Å². The van der Waals surface area contributed by atoms with Crippen molar-refractivity contribution in [1.82, 2.24) is 0 Å². The van der Waals surface area contributed by atoms with Crippen molar-refractivity contribution in [2.24, 2.45) is 0 Å². The van der Waals surface area contributed by atoms with Gasteiger partial charge in [-0.25, -0.2) is 0 Å². The molecular formula is C73H122O6. The Bertz CT molecular complexity index is 1640. The summed E-state index contributed by atoms with van der Waals surface area (Å²) in [6.07, 6.45) is 92.0. The first-order chi connectivity index (χ1) is 39.0. The molecule has 1 unspecified atom stereocenters. The Balaban J connectivity index is 4.44. The van der Waals surface area contributed by atoms with E-state index in [1.54, 1.807) is 0 Å². The fourth-order valence-corrected chi connectivity index (χ4v) is 9.04. The molecule has 0 spiro atoms. The Labute approximate surface area is 488 Å². The van der Waals surface area contributed by atoms with Gasteiger partial charge in [0.2, 0.25) is 0 Å². The maximum Gasteiger partial charge on any atom is 0.306 e. The van der Waals surface area contributed by atoms with Crippen LogP contribution in [0.2, 0.25) is 0 Å². The van der Waals surface area contributed by atoms with E-state index in [0.29, 0.717) is 19.3 Å². The number of hydrogen-bond acceptors (Lipinski definition) is 6. The first-order valence-electron chi connectivity index (χ1n) is 33.0. The normalized spacial score (nSPS) is 12.9. The second kappa shape index (κ2) is 66.3. The van der Waals surface area contributed by atoms with Crippen LogP contribution < -0.4 is 0 Å². The molecule has 0 bridgehead atoms. The zero-order valence-corrected chi connectivity index (χ0v) is 51.6. The van der Waals surface area contributed by atoms with Crippen LogP contribution in [-0.2, 0) is 28.6 Å². The lowest BCUT2D eigenvalue weighted by Crippen LogP contribution is -2.30. The van der Waals surface area contributed by atoms with E-state index in [9.17, 15) is 14.4 Å². The fraction of sp³-hybridized carbons (Fsp3) is 0.685. The highest BCUT2D eigenvalue weighted by Crippen LogP contribution is 2.16. The van der Waals surface area contributed by atoms with Crippen molar-refractivity contribution < 1.29 is 28.6 Å². The molecule has 0 aromatic carbocycles. The number of esters is 3. The van der Waals surface area contributed by atoms with Gasteiger partial charge >= 0.3 is 17.9 Å². The van der Waals surface area contributed by atoms with E-state index in [-0.39, 0.29) is 31.1 Å². The third-order valence-corrected chi connectivity index (χ3v) is 13.9. The van der Waals surface area contributed by atoms with Crippen molar-refractivity contribution in [3.05, 3.63) is 122 Å². The highest BCUT2D eigenvalue weighted by atomic mass is 16.6. The summed E-state index contributed by atoms with van der Waals surface area (Å²) in [7, 11) is 0. The Morgan fingerprint density at radius 2 is 0.494 bits per heavy atom. The van der Waals surface area contributed by atoms with Crippen LogP contribution in [-0.4, -0.2) is 37.2 Å². The number of carbonyl (C=O) groups excluding carboxylic acids is 3. The largest absolute Gasteiger partial charge is 0.462 e. The molecule has 6 nitrogen and oxygen atoms in total. The molecule has 0 rings (SSSR count). The topological polar surface area (TPSA) is 78.9 Å². The van der Waals surface area contributed by atoms with E-state index in [0.717, 1.165) is 135 Å². The molecule has 6 heteroatoms. The number of carbonyl (C=O) groups is 3. The second-order valence-electron chi connectivity index (χ2n) is 21.6. The number of allylic oxidation sites excluding steroid dienone is 20. The van der Waals surface area contributed by atoms with Crippen LogP contribution in [0.5, 0.6) is 0 Å². The number of hydrogen-bond donors (Lipinski definition) is 0. The molecule has 0 aliphatic heterocycles. The fourth-order valence-electron chi connectivity index (χ4n) is 9.04. The van der Waals surface area contributed by atoms with Crippen LogP contribution in [0.1, 0.15) is 303 Å². The molecule has 0 heterocycles. The summed E-state index contributed by atoms with van der Waals surface area (Å²) in [5, 5.41) is 0. The van der Waals surface area contributed by atoms with Gasteiger partial charge in [0, 0.05) is 19.3 Å². The average molecular weight is 1100 g/mol. The van der Waals surface area contributed by atoms with Crippen molar-refractivity contribution in [1.29, 1.82) is 0 Å². The second-order valence-corrected chi connectivity index (χ2v) is 21.6. The summed E-state index contributed by atoms with van der Waals surface area (Å²) < 4.78 is 17.0. The van der Waals surface area contributed by atoms with Crippen LogP contribution in [0.4, 0.5) is 0 Å². The summed E-state index contributed by atoms with van der Waals surface area (Å²) >= 11 is 0. The third-order valence-electron chi connectivity index (χ3n) is 13.9. The molecular weight excluding hydrogens is 973 g/mol. The van der Waals surface area contributed by atoms with E-state index in [4.69, 9.17) is 14.2 Å². The third kappa shape index (κ3) is 64.5. The maximum absolute atomic E-state index is 12.9. The summed E-state index contributed by atoms with van der Waals surface area (Å²) in [6, 6.07) is 0. The molecule has 0 aliphatic carbocycles. The zero-order chi connectivity index (χ0) is 57.1. The van der Waals surface area contributed by atoms with Crippen LogP contribution in [0, 0.1) is 0 Å². The molecule has 0 amide bonds. The van der Waals surface area contributed by atoms with Gasteiger partial charge in [0.05, 0.1) is 0 Å². The smallest absolute Gasteiger partial charge is 0.306 e. The van der Waals surface area contributed by atoms with E-state index < -0.39 is 6.10 Å². The maximum atomic E-state index is 12.9. The number of ether oxygens (including phenoxy) is 3. The lowest BCUT2D eigenvalue weighted by Gasteiger charge is -2.18. The predicted molar refractivity (Wildman–Crippen MR) is 343 cm³/mol. The van der Waals surface area contributed by atoms with E-state index in [1.807, 2.05) is 0 Å². The van der Waals surface area contributed by atoms with Gasteiger partial charge in [-0.3, -0.25) is 14.4 Å². The summed E-state index contributed by atoms with van der Waals surface area (Å²) in [5.74, 6) is -0.910. The standard InChI is InChI=1S/C73H122O6/c1-4-7-10-13-16-19-22-25-28-31-34-35-36-37-40-42-45-48-51-54-57-60-63-66-72(75)78-69-70(79-73(76)67-64-61-58-55-52-49-46-43-39-33-30-27-24-21-18-15-12-9-6-3)68-77-71(74)65-62-59-56-53-50-47-44-41-38-32-29-26-23-20-17-14-11-8-5-2/h7,9-10,12,16,18-19,21,25-30,34-35,37,39-40,43,70H,4-6,8,11,13-15,17,20,22-24,31-33,36,38,41-42,44-69H2,1-3H3/b10-7-,12-9-,19-16-,21-18-,28-25-,29-26-,30-27-,35-34-,40-37-,43-39-. The molecule has 0 fully saturated rings. The highest BCUT2D eigenvalue weighted by Gasteiger charge is 2.19. The minimum atomic E-state index is -0.797. The first kappa shape index (κ1) is 74.8. The van der Waals surface area contributed by atoms with Gasteiger partial charge in [0.1, 0.15) is 13.2 Å². The van der Waals surface area contributed by atoms with Crippen LogP contribution >= 0.6 is 0 Å². The summed E-state index contributed by atoms with van der Waals surface area (Å²) in [6.45, 7) is 6.41. The van der Waals surface area contributed by atoms with Crippen molar-refractivity contribution in [2.45, 2.75) is 309 Å². The van der Waals surface area contributed by atoms with Gasteiger partial charge in [-0.15, -0.1) is 0 Å². The van der Waals surface area contributed by atoms with Gasteiger partial charge in [-0.1, -0.05) is 277 Å². The van der Waals surface area contributed by atoms with Crippen molar-refractivity contribution in [3.63, 3.8) is 0 Å². The molecule has 0 aliphatic rings. The number of unbranched alkanes of at least 4 members (excludes halogenated alkanes) is 28. The van der Waals surface area contributed by atoms with Crippen molar-refractivity contribution >= 4 is 17.9 Å². The van der Waals surface area contributed by atoms with Crippen molar-refractivity contribution in [3.8, 4) is 0 Å². The molecule has 0 N–H and O–H groups in total. The zero-order valence-electron chi connectivity index (χ0n) is 51.6. The Morgan fingerprint density at radius 1 is 0.266 bits per heavy atom. The Hall–Kier alpha value is -4.19. The molecule has 1 atom stereocenters. The van der Waals surface area contributed by atoms with Gasteiger partial charge < -0.3 is 14.2 Å². The predicted octanol–water partition coefficient (Wildman–Crippen LogP) is 22.8. The quantitative estimate of drug-likeness (QED) is 0.0261. The minimum Gasteiger partial charge on any atom is -0.462 e. The molecule has 450 valence electrons. The molecule has 79 heavy (non-hydrogen) atoms. The summed E-state index contributed by atoms with van der Waals surface area (Å²) in [4.78, 5) is 38.4. The minimum absolute atomic E-state index is 0.0902. The Kier molecular flexibility index (Phi) is 62.8. The molecule has 0 aromatic rings. The van der Waals surface area contributed by atoms with E-state index in [2.05, 4.69) is 142 Å². The lowest BCUT2D eigenvalue weighted by atomic mass is 10.1. The number of rotatable bonds is 59. The molecule has 0 aromatic heterocycles. The molecule has 0 saturated carbocycles. The van der Waals surface area contributed by atoms with Gasteiger partial charge in [0.25, 0.3) is 0 Å². The van der Waals surface area contributed by atoms with E-state index in [1.165, 1.54) is 128 Å². The highest BCUT2D eigenvalue weighted by molar-refractivity contribution is 5.71. The monoisotopic (exact) mass is 1090 g/mol. The van der Waals surface area contributed by atoms with Crippen molar-refractivity contribution in [2.75, 3.05) is 13.2 Å². The SMILES string of the molecule is CC/C=C\C/C=C\C/C=C\C/C=C\C/C=C\CCCCCCCCCC(=O)OCC(COC(=O)CCCCCCCCCCC/C=C\CCCCCCCC)OC(=O)CCCCCCCC/C=C\C/C=C\C/C=C\C/C=C\CC. The van der Waals surface area contributed by atoms with Crippen LogP contribution in [0.3, 0.4) is 0 Å². The summed E-state index contributed by atoms with van der Waals surface area (Å²) in [5.41, 5.74) is 0. The average Bonchev–Trinajstić information content (AvgIpc) is 3.45. The van der Waals surface area contributed by atoms with Crippen LogP contribution in [0.25, 0.3) is 0 Å². The lowest BCUT2D eigenvalue weighted by molar-refractivity contribution is -0.167. The first-order valence-corrected chi connectivity index (χ1v) is 33.0. The van der Waals surface area contributed by atoms with Gasteiger partial charge in [-0.05, 0) is 128 Å². The molecule has 0 radical (unpaired) electrons.